The lowest BCUT2D eigenvalue weighted by molar-refractivity contribution is -0.139. The van der Waals surface area contributed by atoms with Gasteiger partial charge in [-0.15, -0.1) is 11.3 Å². The van der Waals surface area contributed by atoms with Gasteiger partial charge in [-0.3, -0.25) is 9.59 Å². The zero-order valence-electron chi connectivity index (χ0n) is 20.1. The van der Waals surface area contributed by atoms with Crippen LogP contribution in [-0.2, 0) is 22.4 Å². The largest absolute Gasteiger partial charge is 0.417 e. The number of alkyl halides is 3. The van der Waals surface area contributed by atoms with Crippen molar-refractivity contribution < 1.29 is 22.8 Å². The molecule has 0 bridgehead atoms. The summed E-state index contributed by atoms with van der Waals surface area (Å²) in [6, 6.07) is 5.95. The van der Waals surface area contributed by atoms with Crippen molar-refractivity contribution >= 4 is 62.1 Å². The van der Waals surface area contributed by atoms with Gasteiger partial charge in [0, 0.05) is 47.1 Å². The van der Waals surface area contributed by atoms with Gasteiger partial charge in [0.1, 0.15) is 12.3 Å². The molecule has 0 spiro atoms. The van der Waals surface area contributed by atoms with Crippen molar-refractivity contribution in [3.05, 3.63) is 82.5 Å². The topological polar surface area (TPSA) is 76.8 Å². The van der Waals surface area contributed by atoms with E-state index in [-0.39, 0.29) is 16.5 Å². The maximum Gasteiger partial charge on any atom is 0.417 e. The van der Waals surface area contributed by atoms with Gasteiger partial charge in [0.15, 0.2) is 6.10 Å². The molecule has 0 N–H and O–H groups in total. The first-order valence-electron chi connectivity index (χ1n) is 11.9. The normalized spacial score (nSPS) is 18.3. The van der Waals surface area contributed by atoms with Gasteiger partial charge in [-0.25, -0.2) is 4.98 Å². The van der Waals surface area contributed by atoms with Crippen molar-refractivity contribution in [1.29, 1.82) is 0 Å². The number of piperidine rings is 1. The number of carbonyl (C=O) groups is 1. The summed E-state index contributed by atoms with van der Waals surface area (Å²) in [5, 5.41) is 8.10. The van der Waals surface area contributed by atoms with Crippen LogP contribution in [0.1, 0.15) is 53.1 Å². The van der Waals surface area contributed by atoms with Gasteiger partial charge in [-0.05, 0) is 58.6 Å². The molecule has 1 atom stereocenters. The van der Waals surface area contributed by atoms with Gasteiger partial charge >= 0.3 is 6.18 Å². The molecule has 1 fully saturated rings. The predicted molar refractivity (Wildman–Crippen MR) is 146 cm³/mol. The second-order valence-corrected chi connectivity index (χ2v) is 11.9. The highest BCUT2D eigenvalue weighted by Crippen LogP contribution is 2.35. The van der Waals surface area contributed by atoms with E-state index in [9.17, 15) is 22.8 Å². The molecule has 14 heteroatoms. The van der Waals surface area contributed by atoms with E-state index >= 15 is 0 Å². The van der Waals surface area contributed by atoms with Crippen LogP contribution in [0.25, 0.3) is 0 Å². The first-order chi connectivity index (χ1) is 18.5. The Morgan fingerprint density at radius 3 is 2.51 bits per heavy atom. The summed E-state index contributed by atoms with van der Waals surface area (Å²) in [6.45, 7) is 0.357. The van der Waals surface area contributed by atoms with Crippen LogP contribution in [-0.4, -0.2) is 39.2 Å². The van der Waals surface area contributed by atoms with Crippen LogP contribution in [0.4, 0.5) is 13.2 Å². The van der Waals surface area contributed by atoms with Gasteiger partial charge in [-0.1, -0.05) is 28.4 Å². The van der Waals surface area contributed by atoms with Crippen LogP contribution < -0.4 is 5.56 Å². The molecule has 2 aliphatic heterocycles. The van der Waals surface area contributed by atoms with E-state index in [0.29, 0.717) is 54.7 Å². The van der Waals surface area contributed by atoms with Crippen LogP contribution in [0.5, 0.6) is 0 Å². The second kappa shape index (κ2) is 11.2. The number of oxime groups is 1. The molecule has 1 unspecified atom stereocenters. The fraction of sp³-hybridized carbons (Fsp3) is 0.360. The van der Waals surface area contributed by atoms with E-state index in [1.807, 2.05) is 5.38 Å². The predicted octanol–water partition coefficient (Wildman–Crippen LogP) is 6.66. The molecular weight excluding hydrogens is 644 g/mol. The zero-order chi connectivity index (χ0) is 27.9. The van der Waals surface area contributed by atoms with Gasteiger partial charge < -0.3 is 14.3 Å². The molecule has 1 saturated heterocycles. The summed E-state index contributed by atoms with van der Waals surface area (Å²) in [5.74, 6) is -0.282. The van der Waals surface area contributed by atoms with Gasteiger partial charge in [0.2, 0.25) is 5.91 Å². The minimum atomic E-state index is -4.63. The highest BCUT2D eigenvalue weighted by molar-refractivity contribution is 9.10. The van der Waals surface area contributed by atoms with Crippen molar-refractivity contribution in [3.63, 3.8) is 0 Å². The Kier molecular flexibility index (Phi) is 8.10. The number of nitrogens with zero attached hydrogens (tertiary/aromatic N) is 4. The average molecular weight is 664 g/mol. The maximum atomic E-state index is 13.1. The van der Waals surface area contributed by atoms with E-state index in [1.54, 1.807) is 23.1 Å². The Morgan fingerprint density at radius 2 is 1.85 bits per heavy atom. The molecule has 206 valence electrons. The van der Waals surface area contributed by atoms with Crippen molar-refractivity contribution in [2.45, 2.75) is 44.0 Å². The molecule has 7 nitrogen and oxygen atoms in total. The van der Waals surface area contributed by atoms with Crippen molar-refractivity contribution in [3.8, 4) is 0 Å². The number of carbonyl (C=O) groups excluding carboxylic acids is 1. The number of benzene rings is 1. The molecule has 0 saturated carbocycles. The molecule has 0 radical (unpaired) electrons. The van der Waals surface area contributed by atoms with Crippen LogP contribution in [0.15, 0.2) is 50.3 Å². The molecule has 39 heavy (non-hydrogen) atoms. The van der Waals surface area contributed by atoms with Crippen LogP contribution >= 0.6 is 50.5 Å². The lowest BCUT2D eigenvalue weighted by atomic mass is 9.97. The molecule has 1 aromatic carbocycles. The number of hydrogen-bond donors (Lipinski definition) is 0. The van der Waals surface area contributed by atoms with Crippen molar-refractivity contribution in [1.82, 2.24) is 14.5 Å². The monoisotopic (exact) mass is 662 g/mol. The quantitative estimate of drug-likeness (QED) is 0.306. The fourth-order valence-electron chi connectivity index (χ4n) is 4.57. The first kappa shape index (κ1) is 28.1. The van der Waals surface area contributed by atoms with Crippen molar-refractivity contribution in [2.75, 3.05) is 13.1 Å². The SMILES string of the molecule is O=C(Cn1cc(C(F)(F)F)cc(Br)c1=O)N1CCC(c2nc(C3=NOC(c4cc(Cl)cc(Cl)c4)C3)cs2)CC1. The molecular formula is C25H20BrCl2F3N4O3S. The van der Waals surface area contributed by atoms with E-state index in [1.165, 1.54) is 11.3 Å². The summed E-state index contributed by atoms with van der Waals surface area (Å²) < 4.78 is 40.0. The Hall–Kier alpha value is -2.41. The zero-order valence-corrected chi connectivity index (χ0v) is 24.0. The fourth-order valence-corrected chi connectivity index (χ4v) is 6.59. The Balaban J connectivity index is 1.18. The lowest BCUT2D eigenvalue weighted by Gasteiger charge is -2.31. The number of aromatic nitrogens is 2. The molecule has 1 amide bonds. The number of likely N-dealkylation sites (tertiary alicyclic amines) is 1. The lowest BCUT2D eigenvalue weighted by Crippen LogP contribution is -2.41. The summed E-state index contributed by atoms with van der Waals surface area (Å²) in [7, 11) is 0. The summed E-state index contributed by atoms with van der Waals surface area (Å²) in [4.78, 5) is 37.0. The van der Waals surface area contributed by atoms with Crippen LogP contribution in [0.3, 0.4) is 0 Å². The minimum absolute atomic E-state index is 0.128. The number of thiazole rings is 1. The number of rotatable bonds is 5. The van der Waals surface area contributed by atoms with Gasteiger partial charge in [0.05, 0.1) is 20.7 Å². The van der Waals surface area contributed by atoms with E-state index in [4.69, 9.17) is 33.0 Å². The summed E-state index contributed by atoms with van der Waals surface area (Å²) in [5.41, 5.74) is 0.599. The molecule has 0 aliphatic carbocycles. The van der Waals surface area contributed by atoms with E-state index < -0.39 is 29.8 Å². The third-order valence-corrected chi connectivity index (χ3v) is 8.63. The third-order valence-electron chi connectivity index (χ3n) is 6.62. The third kappa shape index (κ3) is 6.34. The number of hydrogen-bond acceptors (Lipinski definition) is 6. The summed E-state index contributed by atoms with van der Waals surface area (Å²) >= 11 is 16.6. The molecule has 3 aromatic rings. The van der Waals surface area contributed by atoms with E-state index in [2.05, 4.69) is 21.1 Å². The number of pyridine rings is 1. The van der Waals surface area contributed by atoms with E-state index in [0.717, 1.165) is 26.5 Å². The first-order valence-corrected chi connectivity index (χ1v) is 14.3. The number of amides is 1. The smallest absolute Gasteiger partial charge is 0.387 e. The molecule has 4 heterocycles. The van der Waals surface area contributed by atoms with Gasteiger partial charge in [-0.2, -0.15) is 13.2 Å². The minimum Gasteiger partial charge on any atom is -0.387 e. The highest BCUT2D eigenvalue weighted by atomic mass is 79.9. The average Bonchev–Trinajstić information content (AvgIpc) is 3.56. The number of halogens is 6. The molecule has 2 aromatic heterocycles. The second-order valence-electron chi connectivity index (χ2n) is 9.27. The van der Waals surface area contributed by atoms with Crippen molar-refractivity contribution in [2.24, 2.45) is 5.16 Å². The Labute approximate surface area is 243 Å². The van der Waals surface area contributed by atoms with Gasteiger partial charge in [0.25, 0.3) is 5.56 Å². The Morgan fingerprint density at radius 1 is 1.15 bits per heavy atom. The van der Waals surface area contributed by atoms with Crippen LogP contribution in [0, 0.1) is 0 Å². The summed E-state index contributed by atoms with van der Waals surface area (Å²) in [6.07, 6.45) is -2.45. The Bertz CT molecular complexity index is 1480. The standard InChI is InChI=1S/C25H20BrCl2F3N4O3S/c26-18-7-15(25(29,30)31)10-35(24(18)37)11-22(36)34-3-1-13(2-4-34)23-32-20(12-39-23)19-9-21(38-33-19)14-5-16(27)8-17(28)6-14/h5-8,10,12-13,21H,1-4,9,11H2. The highest BCUT2D eigenvalue weighted by Gasteiger charge is 2.33. The molecule has 5 rings (SSSR count). The molecule has 2 aliphatic rings. The van der Waals surface area contributed by atoms with Crippen LogP contribution in [0.2, 0.25) is 10.0 Å². The maximum absolute atomic E-state index is 13.1.